The van der Waals surface area contributed by atoms with E-state index in [1.165, 1.54) is 4.88 Å². The Bertz CT molecular complexity index is 242. The van der Waals surface area contributed by atoms with Crippen molar-refractivity contribution in [1.29, 1.82) is 0 Å². The number of nitrogen functional groups attached to an aromatic ring is 1. The molecule has 0 saturated carbocycles. The first-order chi connectivity index (χ1) is 5.34. The highest BCUT2D eigenvalue weighted by Gasteiger charge is 2.17. The quantitative estimate of drug-likeness (QED) is 0.677. The SMILES string of the molecule is Nc1ncc(CC2CNC2)s1. The van der Waals surface area contributed by atoms with Crippen LogP contribution in [0.5, 0.6) is 0 Å². The molecule has 2 heterocycles. The molecule has 1 aromatic rings. The van der Waals surface area contributed by atoms with Gasteiger partial charge in [-0.15, -0.1) is 11.3 Å². The maximum atomic E-state index is 5.51. The number of nitrogens with one attached hydrogen (secondary N) is 1. The number of aromatic nitrogens is 1. The lowest BCUT2D eigenvalue weighted by Gasteiger charge is -2.26. The molecule has 1 aliphatic heterocycles. The number of hydrogen-bond acceptors (Lipinski definition) is 4. The topological polar surface area (TPSA) is 50.9 Å². The molecule has 1 fully saturated rings. The second kappa shape index (κ2) is 2.79. The van der Waals surface area contributed by atoms with Gasteiger partial charge in [-0.25, -0.2) is 4.98 Å². The summed E-state index contributed by atoms with van der Waals surface area (Å²) in [5.74, 6) is 0.815. The number of anilines is 1. The second-order valence-corrected chi connectivity index (χ2v) is 4.04. The van der Waals surface area contributed by atoms with Gasteiger partial charge < -0.3 is 11.1 Å². The van der Waals surface area contributed by atoms with Gasteiger partial charge in [0.1, 0.15) is 0 Å². The van der Waals surface area contributed by atoms with Crippen LogP contribution in [0, 0.1) is 5.92 Å². The fraction of sp³-hybridized carbons (Fsp3) is 0.571. The predicted octanol–water partition coefficient (Wildman–Crippen LogP) is 0.487. The first-order valence-electron chi connectivity index (χ1n) is 3.75. The monoisotopic (exact) mass is 169 g/mol. The number of hydrogen-bond donors (Lipinski definition) is 2. The van der Waals surface area contributed by atoms with E-state index in [1.54, 1.807) is 11.3 Å². The molecule has 0 radical (unpaired) electrons. The molecule has 0 atom stereocenters. The highest BCUT2D eigenvalue weighted by Crippen LogP contribution is 2.19. The third kappa shape index (κ3) is 1.52. The maximum absolute atomic E-state index is 5.51. The molecular weight excluding hydrogens is 158 g/mol. The fourth-order valence-corrected chi connectivity index (χ4v) is 1.99. The first-order valence-corrected chi connectivity index (χ1v) is 4.57. The Morgan fingerprint density at radius 3 is 3.00 bits per heavy atom. The first kappa shape index (κ1) is 7.06. The van der Waals surface area contributed by atoms with Crippen LogP contribution in [0.1, 0.15) is 4.88 Å². The lowest BCUT2D eigenvalue weighted by atomic mass is 9.99. The summed E-state index contributed by atoms with van der Waals surface area (Å²) in [4.78, 5) is 5.32. The van der Waals surface area contributed by atoms with E-state index >= 15 is 0 Å². The molecule has 1 aliphatic rings. The van der Waals surface area contributed by atoms with E-state index in [1.807, 2.05) is 6.20 Å². The van der Waals surface area contributed by atoms with Crippen LogP contribution in [-0.4, -0.2) is 18.1 Å². The second-order valence-electron chi connectivity index (χ2n) is 2.89. The summed E-state index contributed by atoms with van der Waals surface area (Å²) in [5, 5.41) is 3.93. The maximum Gasteiger partial charge on any atom is 0.180 e. The number of thiazole rings is 1. The minimum absolute atomic E-state index is 0.687. The molecule has 60 valence electrons. The van der Waals surface area contributed by atoms with Crippen molar-refractivity contribution in [2.75, 3.05) is 18.8 Å². The van der Waals surface area contributed by atoms with E-state index < -0.39 is 0 Å². The Labute approximate surface area is 69.6 Å². The van der Waals surface area contributed by atoms with Crippen LogP contribution in [0.15, 0.2) is 6.20 Å². The van der Waals surface area contributed by atoms with Crippen LogP contribution in [0.25, 0.3) is 0 Å². The van der Waals surface area contributed by atoms with Crippen LogP contribution in [0.4, 0.5) is 5.13 Å². The van der Waals surface area contributed by atoms with E-state index in [0.717, 1.165) is 25.4 Å². The molecule has 4 heteroatoms. The zero-order valence-electron chi connectivity index (χ0n) is 6.21. The van der Waals surface area contributed by atoms with Crippen molar-refractivity contribution in [3.63, 3.8) is 0 Å². The molecule has 1 aromatic heterocycles. The molecule has 0 amide bonds. The molecule has 2 rings (SSSR count). The van der Waals surface area contributed by atoms with Crippen LogP contribution in [0.3, 0.4) is 0 Å². The highest BCUT2D eigenvalue weighted by atomic mass is 32.1. The molecule has 3 nitrogen and oxygen atoms in total. The Morgan fingerprint density at radius 2 is 2.55 bits per heavy atom. The molecule has 0 aliphatic carbocycles. The summed E-state index contributed by atoms with van der Waals surface area (Å²) >= 11 is 1.60. The molecule has 11 heavy (non-hydrogen) atoms. The number of nitrogens with two attached hydrogens (primary N) is 1. The Hall–Kier alpha value is -0.610. The van der Waals surface area contributed by atoms with E-state index in [2.05, 4.69) is 10.3 Å². The lowest BCUT2D eigenvalue weighted by Crippen LogP contribution is -2.42. The minimum atomic E-state index is 0.687. The van der Waals surface area contributed by atoms with Crippen molar-refractivity contribution in [3.05, 3.63) is 11.1 Å². The number of nitrogens with zero attached hydrogens (tertiary/aromatic N) is 1. The van der Waals surface area contributed by atoms with Gasteiger partial charge >= 0.3 is 0 Å². The summed E-state index contributed by atoms with van der Waals surface area (Å²) in [6, 6.07) is 0. The zero-order valence-corrected chi connectivity index (χ0v) is 7.03. The van der Waals surface area contributed by atoms with Gasteiger partial charge in [-0.3, -0.25) is 0 Å². The van der Waals surface area contributed by atoms with Gasteiger partial charge in [-0.05, 0) is 25.4 Å². The third-order valence-electron chi connectivity index (χ3n) is 1.93. The van der Waals surface area contributed by atoms with E-state index in [0.29, 0.717) is 5.13 Å². The average molecular weight is 169 g/mol. The van der Waals surface area contributed by atoms with Crippen LogP contribution < -0.4 is 11.1 Å². The van der Waals surface area contributed by atoms with Crippen molar-refractivity contribution in [1.82, 2.24) is 10.3 Å². The van der Waals surface area contributed by atoms with E-state index in [-0.39, 0.29) is 0 Å². The van der Waals surface area contributed by atoms with Crippen molar-refractivity contribution >= 4 is 16.5 Å². The summed E-state index contributed by atoms with van der Waals surface area (Å²) in [7, 11) is 0. The summed E-state index contributed by atoms with van der Waals surface area (Å²) in [6.07, 6.45) is 3.03. The standard InChI is InChI=1S/C7H11N3S/c8-7-10-4-6(11-7)1-5-2-9-3-5/h4-5,9H,1-3H2,(H2,8,10). The van der Waals surface area contributed by atoms with E-state index in [4.69, 9.17) is 5.73 Å². The summed E-state index contributed by atoms with van der Waals surface area (Å²) in [5.41, 5.74) is 5.51. The third-order valence-corrected chi connectivity index (χ3v) is 2.78. The molecule has 0 bridgehead atoms. The summed E-state index contributed by atoms with van der Waals surface area (Å²) < 4.78 is 0. The van der Waals surface area contributed by atoms with Gasteiger partial charge in [-0.2, -0.15) is 0 Å². The van der Waals surface area contributed by atoms with Crippen molar-refractivity contribution in [2.24, 2.45) is 5.92 Å². The van der Waals surface area contributed by atoms with Gasteiger partial charge in [0.15, 0.2) is 5.13 Å². The molecule has 0 unspecified atom stereocenters. The van der Waals surface area contributed by atoms with Gasteiger partial charge in [0.2, 0.25) is 0 Å². The van der Waals surface area contributed by atoms with Crippen LogP contribution in [0.2, 0.25) is 0 Å². The smallest absolute Gasteiger partial charge is 0.180 e. The van der Waals surface area contributed by atoms with Gasteiger partial charge in [-0.1, -0.05) is 0 Å². The van der Waals surface area contributed by atoms with Crippen LogP contribution >= 0.6 is 11.3 Å². The van der Waals surface area contributed by atoms with Gasteiger partial charge in [0, 0.05) is 11.1 Å². The number of rotatable bonds is 2. The molecule has 0 aromatic carbocycles. The minimum Gasteiger partial charge on any atom is -0.375 e. The Kier molecular flexibility index (Phi) is 1.79. The van der Waals surface area contributed by atoms with Gasteiger partial charge in [0.25, 0.3) is 0 Å². The van der Waals surface area contributed by atoms with Gasteiger partial charge in [0.05, 0.1) is 0 Å². The van der Waals surface area contributed by atoms with Crippen molar-refractivity contribution in [3.8, 4) is 0 Å². The summed E-state index contributed by atoms with van der Waals surface area (Å²) in [6.45, 7) is 2.30. The molecular formula is C7H11N3S. The largest absolute Gasteiger partial charge is 0.375 e. The fourth-order valence-electron chi connectivity index (χ4n) is 1.19. The molecule has 3 N–H and O–H groups in total. The zero-order chi connectivity index (χ0) is 7.68. The van der Waals surface area contributed by atoms with Crippen molar-refractivity contribution in [2.45, 2.75) is 6.42 Å². The Morgan fingerprint density at radius 1 is 1.73 bits per heavy atom. The molecule has 0 spiro atoms. The normalized spacial score (nSPS) is 18.2. The van der Waals surface area contributed by atoms with Crippen LogP contribution in [-0.2, 0) is 6.42 Å². The lowest BCUT2D eigenvalue weighted by molar-refractivity contribution is 0.348. The Balaban J connectivity index is 1.95. The average Bonchev–Trinajstić information content (AvgIpc) is 2.27. The highest BCUT2D eigenvalue weighted by molar-refractivity contribution is 7.15. The van der Waals surface area contributed by atoms with Crippen molar-refractivity contribution < 1.29 is 0 Å². The predicted molar refractivity (Wildman–Crippen MR) is 46.6 cm³/mol. The van der Waals surface area contributed by atoms with E-state index in [9.17, 15) is 0 Å². The molecule has 1 saturated heterocycles.